The van der Waals surface area contributed by atoms with Crippen LogP contribution in [-0.2, 0) is 22.2 Å². The molecule has 1 aliphatic rings. The molecule has 40 heavy (non-hydrogen) atoms. The van der Waals surface area contributed by atoms with Gasteiger partial charge in [0.1, 0.15) is 23.7 Å². The number of carbonyl (C=O) groups excluding carboxylic acids is 3. The summed E-state index contributed by atoms with van der Waals surface area (Å²) in [7, 11) is 1.47. The molecule has 11 heteroatoms. The van der Waals surface area contributed by atoms with E-state index in [0.29, 0.717) is 21.8 Å². The Labute approximate surface area is 229 Å². The van der Waals surface area contributed by atoms with Crippen molar-refractivity contribution in [1.29, 1.82) is 0 Å². The number of ether oxygens (including phenoxy) is 1. The number of hydrogen-bond acceptors (Lipinski definition) is 4. The van der Waals surface area contributed by atoms with Gasteiger partial charge in [-0.05, 0) is 60.0 Å². The summed E-state index contributed by atoms with van der Waals surface area (Å²) in [6, 6.07) is 11.0. The van der Waals surface area contributed by atoms with E-state index in [1.165, 1.54) is 19.2 Å². The second kappa shape index (κ2) is 12.6. The normalized spacial score (nSPS) is 15.6. The first-order valence-corrected chi connectivity index (χ1v) is 12.5. The van der Waals surface area contributed by atoms with Crippen LogP contribution < -0.4 is 15.4 Å². The van der Waals surface area contributed by atoms with Crippen molar-refractivity contribution in [3.8, 4) is 5.75 Å². The van der Waals surface area contributed by atoms with Crippen molar-refractivity contribution in [1.82, 2.24) is 10.2 Å². The lowest BCUT2D eigenvalue weighted by Crippen LogP contribution is -2.49. The molecule has 0 saturated carbocycles. The topological polar surface area (TPSA) is 87.7 Å². The average Bonchev–Trinajstić information content (AvgIpc) is 3.23. The second-order valence-electron chi connectivity index (χ2n) is 8.75. The van der Waals surface area contributed by atoms with Crippen molar-refractivity contribution in [2.24, 2.45) is 0 Å². The van der Waals surface area contributed by atoms with Crippen LogP contribution in [-0.4, -0.2) is 35.9 Å². The Kier molecular flexibility index (Phi) is 9.51. The first-order valence-electron chi connectivity index (χ1n) is 12.5. The predicted octanol–water partition coefficient (Wildman–Crippen LogP) is 6.03. The molecule has 4 amide bonds. The molecule has 1 fully saturated rings. The van der Waals surface area contributed by atoms with E-state index in [1.54, 1.807) is 37.3 Å². The van der Waals surface area contributed by atoms with Gasteiger partial charge in [0.25, 0.3) is 5.91 Å². The van der Waals surface area contributed by atoms with E-state index in [1.807, 2.05) is 13.8 Å². The number of imide groups is 1. The zero-order chi connectivity index (χ0) is 29.6. The SMILES string of the molecule is CC.COc1ccc([C@H]2NC(=O)N(C(Cc3ccc(C(F)(F)F)cc3)C(=O)Nc3ccc(C)cc3F)C2=O)cc1. The smallest absolute Gasteiger partial charge is 0.416 e. The lowest BCUT2D eigenvalue weighted by atomic mass is 10.0. The number of halogens is 4. The van der Waals surface area contributed by atoms with E-state index in [-0.39, 0.29) is 17.7 Å². The van der Waals surface area contributed by atoms with Gasteiger partial charge in [-0.2, -0.15) is 13.2 Å². The molecular formula is C29H29F4N3O4. The number of carbonyl (C=O) groups is 3. The number of nitrogens with one attached hydrogen (secondary N) is 2. The Bertz CT molecular complexity index is 1360. The monoisotopic (exact) mass is 559 g/mol. The van der Waals surface area contributed by atoms with Crippen LogP contribution in [0.3, 0.4) is 0 Å². The van der Waals surface area contributed by atoms with Gasteiger partial charge >= 0.3 is 12.2 Å². The Morgan fingerprint density at radius 1 is 1.02 bits per heavy atom. The van der Waals surface area contributed by atoms with Crippen LogP contribution in [0.5, 0.6) is 5.75 Å². The van der Waals surface area contributed by atoms with Gasteiger partial charge in [0.15, 0.2) is 0 Å². The summed E-state index contributed by atoms with van der Waals surface area (Å²) in [5.74, 6) is -1.81. The van der Waals surface area contributed by atoms with Crippen LogP contribution in [0.1, 0.15) is 42.1 Å². The maximum Gasteiger partial charge on any atom is 0.416 e. The number of benzene rings is 3. The van der Waals surface area contributed by atoms with Gasteiger partial charge in [-0.3, -0.25) is 9.59 Å². The third-order valence-electron chi connectivity index (χ3n) is 6.13. The minimum absolute atomic E-state index is 0.170. The van der Waals surface area contributed by atoms with Gasteiger partial charge < -0.3 is 15.4 Å². The molecule has 1 unspecified atom stereocenters. The Hall–Kier alpha value is -4.41. The van der Waals surface area contributed by atoms with Crippen LogP contribution in [0, 0.1) is 12.7 Å². The third-order valence-corrected chi connectivity index (χ3v) is 6.13. The molecule has 0 radical (unpaired) electrons. The van der Waals surface area contributed by atoms with Crippen molar-refractivity contribution < 1.29 is 36.7 Å². The molecule has 1 aliphatic heterocycles. The quantitative estimate of drug-likeness (QED) is 0.273. The van der Waals surface area contributed by atoms with Crippen molar-refractivity contribution in [3.05, 3.63) is 94.8 Å². The summed E-state index contributed by atoms with van der Waals surface area (Å²) >= 11 is 0. The average molecular weight is 560 g/mol. The largest absolute Gasteiger partial charge is 0.497 e. The van der Waals surface area contributed by atoms with E-state index in [0.717, 1.165) is 24.3 Å². The van der Waals surface area contributed by atoms with Gasteiger partial charge in [0.2, 0.25) is 5.91 Å². The minimum Gasteiger partial charge on any atom is -0.497 e. The zero-order valence-corrected chi connectivity index (χ0v) is 22.3. The van der Waals surface area contributed by atoms with Crippen LogP contribution in [0.25, 0.3) is 0 Å². The van der Waals surface area contributed by atoms with Gasteiger partial charge in [0.05, 0.1) is 18.4 Å². The summed E-state index contributed by atoms with van der Waals surface area (Å²) in [4.78, 5) is 40.4. The number of anilines is 1. The molecule has 0 spiro atoms. The molecule has 1 heterocycles. The highest BCUT2D eigenvalue weighted by molar-refractivity contribution is 6.09. The van der Waals surface area contributed by atoms with E-state index in [9.17, 15) is 31.9 Å². The zero-order valence-electron chi connectivity index (χ0n) is 22.3. The molecule has 1 saturated heterocycles. The molecule has 3 aromatic rings. The first-order chi connectivity index (χ1) is 19.0. The molecule has 0 bridgehead atoms. The summed E-state index contributed by atoms with van der Waals surface area (Å²) in [6.45, 7) is 5.66. The van der Waals surface area contributed by atoms with Crippen LogP contribution in [0.15, 0.2) is 66.7 Å². The number of methoxy groups -OCH3 is 1. The maximum atomic E-state index is 14.4. The second-order valence-corrected chi connectivity index (χ2v) is 8.75. The molecule has 4 rings (SSSR count). The number of amides is 4. The molecular weight excluding hydrogens is 530 g/mol. The van der Waals surface area contributed by atoms with E-state index in [2.05, 4.69) is 10.6 Å². The molecule has 0 aromatic heterocycles. The Morgan fingerprint density at radius 3 is 2.20 bits per heavy atom. The fourth-order valence-electron chi connectivity index (χ4n) is 4.10. The number of alkyl halides is 3. The molecule has 7 nitrogen and oxygen atoms in total. The highest BCUT2D eigenvalue weighted by atomic mass is 19.4. The molecule has 0 aliphatic carbocycles. The Balaban J connectivity index is 0.00000216. The molecule has 2 atom stereocenters. The van der Waals surface area contributed by atoms with Gasteiger partial charge in [-0.1, -0.05) is 44.2 Å². The standard InChI is InChI=1S/C27H23F4N3O4.C2H6/c1-15-3-12-21(20(28)13-15)32-24(35)22(14-16-4-8-18(9-5-16)27(29,30)31)34-25(36)23(33-26(34)37)17-6-10-19(38-2)11-7-17;1-2/h3-13,22-23H,14H2,1-2H3,(H,32,35)(H,33,37);1-2H3/t22?,23-;/m1./s1. The highest BCUT2D eigenvalue weighted by Crippen LogP contribution is 2.31. The lowest BCUT2D eigenvalue weighted by Gasteiger charge is -2.25. The minimum atomic E-state index is -4.56. The Morgan fingerprint density at radius 2 is 1.65 bits per heavy atom. The van der Waals surface area contributed by atoms with Crippen molar-refractivity contribution in [2.45, 2.75) is 45.5 Å². The van der Waals surface area contributed by atoms with Crippen LogP contribution in [0.2, 0.25) is 0 Å². The van der Waals surface area contributed by atoms with Crippen molar-refractivity contribution in [3.63, 3.8) is 0 Å². The summed E-state index contributed by atoms with van der Waals surface area (Å²) < 4.78 is 58.6. The predicted molar refractivity (Wildman–Crippen MR) is 141 cm³/mol. The number of urea groups is 1. The maximum absolute atomic E-state index is 14.4. The van der Waals surface area contributed by atoms with Crippen molar-refractivity contribution in [2.75, 3.05) is 12.4 Å². The molecule has 3 aromatic carbocycles. The van der Waals surface area contributed by atoms with Gasteiger partial charge in [0, 0.05) is 6.42 Å². The van der Waals surface area contributed by atoms with E-state index < -0.39 is 47.5 Å². The summed E-state index contributed by atoms with van der Waals surface area (Å²) in [5.41, 5.74) is 0.245. The first kappa shape index (κ1) is 30.1. The highest BCUT2D eigenvalue weighted by Gasteiger charge is 2.45. The summed E-state index contributed by atoms with van der Waals surface area (Å²) in [5, 5.41) is 4.93. The molecule has 2 N–H and O–H groups in total. The third kappa shape index (κ3) is 6.77. The van der Waals surface area contributed by atoms with Crippen LogP contribution in [0.4, 0.5) is 28.0 Å². The number of rotatable bonds is 7. The molecule has 212 valence electrons. The number of hydrogen-bond donors (Lipinski definition) is 2. The van der Waals surface area contributed by atoms with Crippen molar-refractivity contribution >= 4 is 23.5 Å². The fraction of sp³-hybridized carbons (Fsp3) is 0.276. The summed E-state index contributed by atoms with van der Waals surface area (Å²) in [6.07, 6.45) is -4.86. The van der Waals surface area contributed by atoms with Gasteiger partial charge in [-0.25, -0.2) is 14.1 Å². The fourth-order valence-corrected chi connectivity index (χ4v) is 4.10. The van der Waals surface area contributed by atoms with E-state index in [4.69, 9.17) is 4.74 Å². The number of nitrogens with zero attached hydrogens (tertiary/aromatic N) is 1. The van der Waals surface area contributed by atoms with Gasteiger partial charge in [-0.15, -0.1) is 0 Å². The van der Waals surface area contributed by atoms with Crippen LogP contribution >= 0.6 is 0 Å². The lowest BCUT2D eigenvalue weighted by molar-refractivity contribution is -0.137. The number of aryl methyl sites for hydroxylation is 1. The van der Waals surface area contributed by atoms with E-state index >= 15 is 0 Å².